The van der Waals surface area contributed by atoms with Gasteiger partial charge in [-0.3, -0.25) is 0 Å². The zero-order valence-corrected chi connectivity index (χ0v) is 8.22. The molecule has 0 heterocycles. The van der Waals surface area contributed by atoms with Crippen LogP contribution < -0.4 is 0 Å². The molecule has 0 radical (unpaired) electrons. The first-order valence-corrected chi connectivity index (χ1v) is 4.48. The molecule has 0 aromatic rings. The molecule has 68 valence electrons. The third-order valence-corrected chi connectivity index (χ3v) is 1.40. The molecule has 0 aromatic carbocycles. The van der Waals surface area contributed by atoms with Gasteiger partial charge in [-0.05, 0) is 26.3 Å². The number of unbranched alkanes of at least 4 members (excludes halogenated alkanes) is 2. The third kappa shape index (κ3) is 7.37. The summed E-state index contributed by atoms with van der Waals surface area (Å²) in [6.07, 6.45) is 4.36. The van der Waals surface area contributed by atoms with Gasteiger partial charge in [-0.15, -0.1) is 5.92 Å². The van der Waals surface area contributed by atoms with Crippen LogP contribution in [0.25, 0.3) is 0 Å². The van der Waals surface area contributed by atoms with E-state index in [1.807, 2.05) is 13.8 Å². The topological polar surface area (TPSA) is 20.2 Å². The number of hydrogen-bond donors (Lipinski definition) is 1. The molecule has 0 bridgehead atoms. The van der Waals surface area contributed by atoms with Crippen molar-refractivity contribution in [2.45, 2.75) is 46.1 Å². The fraction of sp³-hybridized carbons (Fsp3) is 0.636. The van der Waals surface area contributed by atoms with Crippen molar-refractivity contribution in [1.82, 2.24) is 0 Å². The second kappa shape index (κ2) is 6.94. The average molecular weight is 166 g/mol. The largest absolute Gasteiger partial charge is 0.377 e. The van der Waals surface area contributed by atoms with Crippen LogP contribution in [0.2, 0.25) is 0 Å². The predicted molar refractivity (Wildman–Crippen MR) is 52.7 cm³/mol. The van der Waals surface area contributed by atoms with Crippen LogP contribution in [0.3, 0.4) is 0 Å². The van der Waals surface area contributed by atoms with E-state index in [1.165, 1.54) is 0 Å². The van der Waals surface area contributed by atoms with Crippen molar-refractivity contribution in [3.63, 3.8) is 0 Å². The summed E-state index contributed by atoms with van der Waals surface area (Å²) >= 11 is 0. The molecule has 12 heavy (non-hydrogen) atoms. The molecular weight excluding hydrogens is 148 g/mol. The van der Waals surface area contributed by atoms with Crippen molar-refractivity contribution in [2.75, 3.05) is 0 Å². The van der Waals surface area contributed by atoms with Gasteiger partial charge in [-0.25, -0.2) is 0 Å². The second-order valence-corrected chi connectivity index (χ2v) is 3.11. The molecule has 1 N–H and O–H groups in total. The molecule has 0 spiro atoms. The molecule has 0 rings (SSSR count). The van der Waals surface area contributed by atoms with Gasteiger partial charge in [0.25, 0.3) is 0 Å². The van der Waals surface area contributed by atoms with Gasteiger partial charge in [0.1, 0.15) is 6.10 Å². The van der Waals surface area contributed by atoms with Crippen LogP contribution in [-0.4, -0.2) is 11.2 Å². The quantitative estimate of drug-likeness (QED) is 0.388. The van der Waals surface area contributed by atoms with E-state index in [0.29, 0.717) is 0 Å². The third-order valence-electron chi connectivity index (χ3n) is 1.40. The van der Waals surface area contributed by atoms with Gasteiger partial charge in [0, 0.05) is 6.42 Å². The van der Waals surface area contributed by atoms with Crippen LogP contribution in [0, 0.1) is 11.8 Å². The second-order valence-electron chi connectivity index (χ2n) is 3.11. The Hall–Kier alpha value is -0.740. The SMILES string of the molecule is CCCCC#CC(O)C=C(C)C. The summed E-state index contributed by atoms with van der Waals surface area (Å²) in [5.74, 6) is 5.72. The summed E-state index contributed by atoms with van der Waals surface area (Å²) in [5, 5.41) is 9.27. The molecule has 1 nitrogen and oxygen atoms in total. The predicted octanol–water partition coefficient (Wildman–Crippen LogP) is 2.51. The number of rotatable bonds is 3. The lowest BCUT2D eigenvalue weighted by Gasteiger charge is -1.94. The summed E-state index contributed by atoms with van der Waals surface area (Å²) in [4.78, 5) is 0. The van der Waals surface area contributed by atoms with Crippen LogP contribution in [0.5, 0.6) is 0 Å². The van der Waals surface area contributed by atoms with Crippen LogP contribution in [0.1, 0.15) is 40.0 Å². The monoisotopic (exact) mass is 166 g/mol. The molecule has 0 saturated carbocycles. The molecule has 1 unspecified atom stereocenters. The summed E-state index contributed by atoms with van der Waals surface area (Å²) in [5.41, 5.74) is 1.10. The van der Waals surface area contributed by atoms with Crippen LogP contribution in [-0.2, 0) is 0 Å². The first-order chi connectivity index (χ1) is 5.66. The Morgan fingerprint density at radius 3 is 2.67 bits per heavy atom. The van der Waals surface area contributed by atoms with Crippen molar-refractivity contribution in [2.24, 2.45) is 0 Å². The van der Waals surface area contributed by atoms with Gasteiger partial charge >= 0.3 is 0 Å². The summed E-state index contributed by atoms with van der Waals surface area (Å²) in [6.45, 7) is 6.04. The van der Waals surface area contributed by atoms with E-state index in [-0.39, 0.29) is 0 Å². The Kier molecular flexibility index (Phi) is 6.51. The molecule has 0 fully saturated rings. The molecule has 0 saturated heterocycles. The van der Waals surface area contributed by atoms with E-state index in [1.54, 1.807) is 6.08 Å². The van der Waals surface area contributed by atoms with Gasteiger partial charge < -0.3 is 5.11 Å². The number of aliphatic hydroxyl groups is 1. The van der Waals surface area contributed by atoms with E-state index in [4.69, 9.17) is 0 Å². The lowest BCUT2D eigenvalue weighted by atomic mass is 10.2. The lowest BCUT2D eigenvalue weighted by Crippen LogP contribution is -1.97. The highest BCUT2D eigenvalue weighted by atomic mass is 16.3. The minimum atomic E-state index is -0.577. The highest BCUT2D eigenvalue weighted by molar-refractivity contribution is 5.14. The maximum absolute atomic E-state index is 9.27. The molecule has 0 amide bonds. The van der Waals surface area contributed by atoms with Crippen molar-refractivity contribution < 1.29 is 5.11 Å². The minimum absolute atomic E-state index is 0.577. The summed E-state index contributed by atoms with van der Waals surface area (Å²) < 4.78 is 0. The molecule has 0 aliphatic rings. The number of aliphatic hydroxyl groups excluding tert-OH is 1. The maximum atomic E-state index is 9.27. The molecular formula is C11H18O. The van der Waals surface area contributed by atoms with E-state index >= 15 is 0 Å². The molecule has 0 aliphatic carbocycles. The molecule has 1 atom stereocenters. The Labute approximate surface area is 75.5 Å². The molecule has 0 aliphatic heterocycles. The highest BCUT2D eigenvalue weighted by Gasteiger charge is 1.90. The fourth-order valence-corrected chi connectivity index (χ4v) is 0.799. The number of allylic oxidation sites excluding steroid dienone is 1. The van der Waals surface area contributed by atoms with Gasteiger partial charge in [0.2, 0.25) is 0 Å². The first kappa shape index (κ1) is 11.3. The zero-order chi connectivity index (χ0) is 9.40. The van der Waals surface area contributed by atoms with Gasteiger partial charge in [0.15, 0.2) is 0 Å². The van der Waals surface area contributed by atoms with Crippen LogP contribution >= 0.6 is 0 Å². The van der Waals surface area contributed by atoms with Crippen LogP contribution in [0.15, 0.2) is 11.6 Å². The summed E-state index contributed by atoms with van der Waals surface area (Å²) in [6, 6.07) is 0. The minimum Gasteiger partial charge on any atom is -0.377 e. The lowest BCUT2D eigenvalue weighted by molar-refractivity contribution is 0.279. The summed E-state index contributed by atoms with van der Waals surface area (Å²) in [7, 11) is 0. The first-order valence-electron chi connectivity index (χ1n) is 4.48. The van der Waals surface area contributed by atoms with Crippen molar-refractivity contribution in [3.8, 4) is 11.8 Å². The van der Waals surface area contributed by atoms with E-state index in [9.17, 15) is 5.11 Å². The Morgan fingerprint density at radius 1 is 1.50 bits per heavy atom. The normalized spacial score (nSPS) is 11.3. The van der Waals surface area contributed by atoms with Crippen molar-refractivity contribution >= 4 is 0 Å². The Bertz CT molecular complexity index is 189. The van der Waals surface area contributed by atoms with Crippen molar-refractivity contribution in [3.05, 3.63) is 11.6 Å². The van der Waals surface area contributed by atoms with Crippen LogP contribution in [0.4, 0.5) is 0 Å². The van der Waals surface area contributed by atoms with Gasteiger partial charge in [-0.1, -0.05) is 24.8 Å². The van der Waals surface area contributed by atoms with E-state index in [2.05, 4.69) is 18.8 Å². The maximum Gasteiger partial charge on any atom is 0.133 e. The highest BCUT2D eigenvalue weighted by Crippen LogP contribution is 1.94. The molecule has 0 aromatic heterocycles. The zero-order valence-electron chi connectivity index (χ0n) is 8.22. The van der Waals surface area contributed by atoms with E-state index < -0.39 is 6.10 Å². The standard InChI is InChI=1S/C11H18O/c1-4-5-6-7-8-11(12)9-10(2)3/h9,11-12H,4-6H2,1-3H3. The average Bonchev–Trinajstić information content (AvgIpc) is 1.97. The fourth-order valence-electron chi connectivity index (χ4n) is 0.799. The smallest absolute Gasteiger partial charge is 0.133 e. The van der Waals surface area contributed by atoms with Gasteiger partial charge in [0.05, 0.1) is 0 Å². The van der Waals surface area contributed by atoms with Gasteiger partial charge in [-0.2, -0.15) is 0 Å². The Balaban J connectivity index is 3.72. The molecule has 1 heteroatoms. The Morgan fingerprint density at radius 2 is 2.17 bits per heavy atom. The van der Waals surface area contributed by atoms with Crippen molar-refractivity contribution in [1.29, 1.82) is 0 Å². The number of hydrogen-bond acceptors (Lipinski definition) is 1. The van der Waals surface area contributed by atoms with E-state index in [0.717, 1.165) is 24.8 Å².